The number of rotatable bonds is 2. The normalized spacial score (nSPS) is 21.7. The Balaban J connectivity index is 1.93. The third-order valence-electron chi connectivity index (χ3n) is 5.49. The first kappa shape index (κ1) is 19.1. The molecule has 0 N–H and O–H groups in total. The highest BCUT2D eigenvalue weighted by Gasteiger charge is 2.44. The monoisotopic (exact) mass is 441 g/mol. The maximum atomic E-state index is 14.5. The van der Waals surface area contributed by atoms with E-state index in [1.807, 2.05) is 38.1 Å². The van der Waals surface area contributed by atoms with Crippen LogP contribution in [0.1, 0.15) is 44.6 Å². The van der Waals surface area contributed by atoms with Crippen LogP contribution in [0.2, 0.25) is 0 Å². The molecule has 2 aromatic carbocycles. The third-order valence-corrected chi connectivity index (χ3v) is 5.98. The Morgan fingerprint density at radius 3 is 2.54 bits per heavy atom. The minimum absolute atomic E-state index is 0.00648. The number of benzene rings is 2. The van der Waals surface area contributed by atoms with Crippen LogP contribution < -0.4 is 4.90 Å². The van der Waals surface area contributed by atoms with Crippen molar-refractivity contribution in [1.82, 2.24) is 0 Å². The van der Waals surface area contributed by atoms with Gasteiger partial charge < -0.3 is 0 Å². The van der Waals surface area contributed by atoms with Gasteiger partial charge >= 0.3 is 0 Å². The summed E-state index contributed by atoms with van der Waals surface area (Å²) in [5.41, 5.74) is 2.19. The molecular formula is C23H21BrFNO2. The van der Waals surface area contributed by atoms with Crippen molar-refractivity contribution < 1.29 is 14.0 Å². The molecule has 0 spiro atoms. The Morgan fingerprint density at radius 2 is 1.82 bits per heavy atom. The van der Waals surface area contributed by atoms with Gasteiger partial charge in [-0.2, -0.15) is 0 Å². The molecule has 0 radical (unpaired) electrons. The number of nitrogens with zero attached hydrogens (tertiary/aromatic N) is 1. The van der Waals surface area contributed by atoms with Crippen LogP contribution in [0, 0.1) is 11.2 Å². The zero-order valence-corrected chi connectivity index (χ0v) is 17.4. The van der Waals surface area contributed by atoms with Crippen LogP contribution in [0.25, 0.3) is 0 Å². The zero-order chi connectivity index (χ0) is 20.1. The minimum Gasteiger partial charge on any atom is -0.294 e. The van der Waals surface area contributed by atoms with Crippen molar-refractivity contribution in [3.63, 3.8) is 0 Å². The molecule has 5 heteroatoms. The number of hydrogen-bond donors (Lipinski definition) is 0. The number of allylic oxidation sites excluding steroid dienone is 2. The van der Waals surface area contributed by atoms with Gasteiger partial charge in [0.05, 0.1) is 0 Å². The molecule has 0 bridgehead atoms. The third kappa shape index (κ3) is 3.32. The molecule has 1 heterocycles. The molecule has 1 atom stereocenters. The first-order valence-corrected chi connectivity index (χ1v) is 10.2. The molecule has 1 aliphatic heterocycles. The lowest BCUT2D eigenvalue weighted by atomic mass is 9.69. The minimum atomic E-state index is -0.532. The van der Waals surface area contributed by atoms with Gasteiger partial charge in [0, 0.05) is 40.2 Å². The molecule has 0 saturated heterocycles. The van der Waals surface area contributed by atoms with E-state index in [2.05, 4.69) is 15.9 Å². The Hall–Kier alpha value is -2.27. The fourth-order valence-corrected chi connectivity index (χ4v) is 4.74. The molecule has 1 unspecified atom stereocenters. The predicted molar refractivity (Wildman–Crippen MR) is 110 cm³/mol. The van der Waals surface area contributed by atoms with Crippen molar-refractivity contribution in [2.24, 2.45) is 5.41 Å². The summed E-state index contributed by atoms with van der Waals surface area (Å²) in [4.78, 5) is 28.0. The highest BCUT2D eigenvalue weighted by atomic mass is 79.9. The fourth-order valence-electron chi connectivity index (χ4n) is 4.35. The lowest BCUT2D eigenvalue weighted by Gasteiger charge is -2.43. The summed E-state index contributed by atoms with van der Waals surface area (Å²) < 4.78 is 15.4. The quantitative estimate of drug-likeness (QED) is 0.594. The van der Waals surface area contributed by atoms with E-state index in [1.165, 1.54) is 6.07 Å². The average molecular weight is 442 g/mol. The van der Waals surface area contributed by atoms with Gasteiger partial charge in [0.2, 0.25) is 5.91 Å². The van der Waals surface area contributed by atoms with Gasteiger partial charge in [-0.1, -0.05) is 54.0 Å². The summed E-state index contributed by atoms with van der Waals surface area (Å²) in [6.45, 7) is 4.07. The van der Waals surface area contributed by atoms with Gasteiger partial charge in [0.1, 0.15) is 5.82 Å². The van der Waals surface area contributed by atoms with Crippen LogP contribution >= 0.6 is 15.9 Å². The van der Waals surface area contributed by atoms with Crippen LogP contribution in [-0.4, -0.2) is 11.7 Å². The van der Waals surface area contributed by atoms with Crippen LogP contribution in [-0.2, 0) is 9.59 Å². The van der Waals surface area contributed by atoms with Gasteiger partial charge in [0.15, 0.2) is 5.78 Å². The van der Waals surface area contributed by atoms with E-state index in [0.717, 1.165) is 10.2 Å². The molecule has 1 amide bonds. The van der Waals surface area contributed by atoms with Crippen molar-refractivity contribution in [3.05, 3.63) is 75.7 Å². The number of amides is 1. The number of carbonyl (C=O) groups is 2. The number of hydrogen-bond acceptors (Lipinski definition) is 2. The molecule has 0 saturated carbocycles. The number of ketones is 1. The second-order valence-corrected chi connectivity index (χ2v) is 9.20. The molecule has 2 aromatic rings. The predicted octanol–water partition coefficient (Wildman–Crippen LogP) is 5.75. The van der Waals surface area contributed by atoms with Crippen molar-refractivity contribution in [1.29, 1.82) is 0 Å². The maximum Gasteiger partial charge on any atom is 0.232 e. The number of Topliss-reactive ketones (excluding diaryl/α,β-unsaturated/α-hetero) is 1. The lowest BCUT2D eigenvalue weighted by molar-refractivity contribution is -0.121. The van der Waals surface area contributed by atoms with E-state index in [1.54, 1.807) is 23.1 Å². The van der Waals surface area contributed by atoms with Crippen molar-refractivity contribution in [3.8, 4) is 0 Å². The summed E-state index contributed by atoms with van der Waals surface area (Å²) in [7, 11) is 0. The molecule has 1 aliphatic carbocycles. The van der Waals surface area contributed by atoms with Crippen LogP contribution in [0.5, 0.6) is 0 Å². The Kier molecular flexibility index (Phi) is 4.74. The van der Waals surface area contributed by atoms with Crippen LogP contribution in [0.4, 0.5) is 10.1 Å². The number of carbonyl (C=O) groups excluding carboxylic acids is 2. The van der Waals surface area contributed by atoms with Gasteiger partial charge in [-0.3, -0.25) is 14.5 Å². The fraction of sp³-hybridized carbons (Fsp3) is 0.304. The highest BCUT2D eigenvalue weighted by Crippen LogP contribution is 2.48. The second kappa shape index (κ2) is 6.96. The number of halogens is 2. The van der Waals surface area contributed by atoms with Gasteiger partial charge in [-0.05, 0) is 41.7 Å². The van der Waals surface area contributed by atoms with Crippen molar-refractivity contribution >= 4 is 33.3 Å². The van der Waals surface area contributed by atoms with E-state index < -0.39 is 5.92 Å². The first-order chi connectivity index (χ1) is 13.3. The second-order valence-electron chi connectivity index (χ2n) is 8.29. The van der Waals surface area contributed by atoms with E-state index in [9.17, 15) is 14.0 Å². The molecule has 144 valence electrons. The standard InChI is InChI=1S/C23H21BrFNO2/c1-23(2)12-19-22(20(27)13-23)17(16-8-3-4-9-18(16)25)11-21(28)26(19)15-7-5-6-14(24)10-15/h3-10,17H,11-13H2,1-2H3. The summed E-state index contributed by atoms with van der Waals surface area (Å²) in [6, 6.07) is 13.9. The van der Waals surface area contributed by atoms with Crippen LogP contribution in [0.15, 0.2) is 64.3 Å². The summed E-state index contributed by atoms with van der Waals surface area (Å²) in [5, 5.41) is 0. The van der Waals surface area contributed by atoms with Crippen LogP contribution in [0.3, 0.4) is 0 Å². The Morgan fingerprint density at radius 1 is 1.07 bits per heavy atom. The van der Waals surface area contributed by atoms with E-state index >= 15 is 0 Å². The largest absolute Gasteiger partial charge is 0.294 e. The van der Waals surface area contributed by atoms with Gasteiger partial charge in [-0.15, -0.1) is 0 Å². The molecule has 2 aliphatic rings. The average Bonchev–Trinajstić information content (AvgIpc) is 2.60. The summed E-state index contributed by atoms with van der Waals surface area (Å²) >= 11 is 3.46. The summed E-state index contributed by atoms with van der Waals surface area (Å²) in [5.74, 6) is -1.01. The highest BCUT2D eigenvalue weighted by molar-refractivity contribution is 9.10. The molecule has 28 heavy (non-hydrogen) atoms. The number of anilines is 1. The molecule has 3 nitrogen and oxygen atoms in total. The van der Waals surface area contributed by atoms with E-state index in [0.29, 0.717) is 29.7 Å². The maximum absolute atomic E-state index is 14.5. The molecule has 0 fully saturated rings. The first-order valence-electron chi connectivity index (χ1n) is 9.36. The summed E-state index contributed by atoms with van der Waals surface area (Å²) in [6.07, 6.45) is 1.08. The van der Waals surface area contributed by atoms with E-state index in [4.69, 9.17) is 0 Å². The Labute approximate surface area is 172 Å². The van der Waals surface area contributed by atoms with Crippen molar-refractivity contribution in [2.75, 3.05) is 4.90 Å². The SMILES string of the molecule is CC1(C)CC(=O)C2=C(C1)N(c1cccc(Br)c1)C(=O)CC2c1ccccc1F. The smallest absolute Gasteiger partial charge is 0.232 e. The molecular weight excluding hydrogens is 421 g/mol. The molecule has 0 aromatic heterocycles. The van der Waals surface area contributed by atoms with Gasteiger partial charge in [-0.25, -0.2) is 4.39 Å². The lowest BCUT2D eigenvalue weighted by Crippen LogP contribution is -2.43. The van der Waals surface area contributed by atoms with Gasteiger partial charge in [0.25, 0.3) is 0 Å². The van der Waals surface area contributed by atoms with E-state index in [-0.39, 0.29) is 29.3 Å². The van der Waals surface area contributed by atoms with Crippen molar-refractivity contribution in [2.45, 2.75) is 39.0 Å². The topological polar surface area (TPSA) is 37.4 Å². The zero-order valence-electron chi connectivity index (χ0n) is 15.8. The Bertz CT molecular complexity index is 1010. The molecule has 4 rings (SSSR count).